The highest BCUT2D eigenvalue weighted by molar-refractivity contribution is 5.83. The van der Waals surface area contributed by atoms with Gasteiger partial charge in [-0.2, -0.15) is 0 Å². The standard InChI is InChI=1S/C46H31N5/c1-4-13-32(14-5-1)33-24-28-38(29-25-33)45-48-44(37-17-8-3-9-18-37)49-46(50-45)40-20-12-19-39(31-40)34-22-26-35(27-23-34)42-43(36-15-6-2-7-16-36)51-30-11-10-21-41(51)47-42/h1-31H/i12D. The fraction of sp³-hybridized carbons (Fsp3) is 0. The molecule has 0 unspecified atom stereocenters. The largest absolute Gasteiger partial charge is 0.299 e. The van der Waals surface area contributed by atoms with E-state index < -0.39 is 0 Å². The van der Waals surface area contributed by atoms with E-state index in [1.54, 1.807) is 0 Å². The summed E-state index contributed by atoms with van der Waals surface area (Å²) in [4.78, 5) is 19.8. The van der Waals surface area contributed by atoms with Gasteiger partial charge in [-0.25, -0.2) is 19.9 Å². The normalized spacial score (nSPS) is 11.4. The molecule has 0 fully saturated rings. The predicted molar refractivity (Wildman–Crippen MR) is 207 cm³/mol. The van der Waals surface area contributed by atoms with E-state index in [-0.39, 0.29) is 0 Å². The van der Waals surface area contributed by atoms with Crippen molar-refractivity contribution in [2.45, 2.75) is 0 Å². The molecule has 6 aromatic carbocycles. The van der Waals surface area contributed by atoms with Crippen molar-refractivity contribution < 1.29 is 1.37 Å². The molecule has 9 rings (SSSR count). The molecular weight excluding hydrogens is 623 g/mol. The Morgan fingerprint density at radius 1 is 0.353 bits per heavy atom. The van der Waals surface area contributed by atoms with Crippen molar-refractivity contribution >= 4 is 5.65 Å². The average molecular weight is 655 g/mol. The van der Waals surface area contributed by atoms with Crippen molar-refractivity contribution in [3.8, 4) is 78.9 Å². The van der Waals surface area contributed by atoms with Crippen LogP contribution in [0.3, 0.4) is 0 Å². The molecule has 0 N–H and O–H groups in total. The third kappa shape index (κ3) is 5.98. The zero-order chi connectivity index (χ0) is 34.9. The summed E-state index contributed by atoms with van der Waals surface area (Å²) in [6, 6.07) is 59.5. The summed E-state index contributed by atoms with van der Waals surface area (Å²) in [5, 5.41) is 0. The van der Waals surface area contributed by atoms with Gasteiger partial charge in [-0.05, 0) is 40.5 Å². The quantitative estimate of drug-likeness (QED) is 0.172. The second-order valence-corrected chi connectivity index (χ2v) is 12.3. The lowest BCUT2D eigenvalue weighted by atomic mass is 9.99. The van der Waals surface area contributed by atoms with Crippen LogP contribution in [0, 0.1) is 0 Å². The van der Waals surface area contributed by atoms with Crippen molar-refractivity contribution in [3.05, 3.63) is 188 Å². The molecule has 0 bridgehead atoms. The zero-order valence-electron chi connectivity index (χ0n) is 28.6. The first kappa shape index (κ1) is 29.0. The van der Waals surface area contributed by atoms with Gasteiger partial charge in [0.05, 0.1) is 12.8 Å². The summed E-state index contributed by atoms with van der Waals surface area (Å²) < 4.78 is 10.9. The van der Waals surface area contributed by atoms with Gasteiger partial charge in [-0.1, -0.05) is 164 Å². The van der Waals surface area contributed by atoms with E-state index in [0.29, 0.717) is 23.5 Å². The van der Waals surface area contributed by atoms with Gasteiger partial charge >= 0.3 is 0 Å². The van der Waals surface area contributed by atoms with Gasteiger partial charge in [0.25, 0.3) is 0 Å². The van der Waals surface area contributed by atoms with E-state index >= 15 is 0 Å². The molecule has 0 saturated carbocycles. The smallest absolute Gasteiger partial charge is 0.164 e. The average Bonchev–Trinajstić information content (AvgIpc) is 3.61. The van der Waals surface area contributed by atoms with Gasteiger partial charge in [0, 0.05) is 34.0 Å². The Balaban J connectivity index is 1.10. The number of nitrogens with zero attached hydrogens (tertiary/aromatic N) is 5. The molecular formula is C46H31N5. The lowest BCUT2D eigenvalue weighted by Crippen LogP contribution is -2.00. The van der Waals surface area contributed by atoms with Crippen LogP contribution in [0.4, 0.5) is 0 Å². The Morgan fingerprint density at radius 2 is 0.804 bits per heavy atom. The molecule has 0 radical (unpaired) electrons. The van der Waals surface area contributed by atoms with E-state index in [0.717, 1.165) is 67.1 Å². The van der Waals surface area contributed by atoms with Crippen LogP contribution in [0.1, 0.15) is 1.37 Å². The van der Waals surface area contributed by atoms with Crippen molar-refractivity contribution in [2.75, 3.05) is 0 Å². The molecule has 5 nitrogen and oxygen atoms in total. The van der Waals surface area contributed by atoms with Crippen molar-refractivity contribution in [2.24, 2.45) is 0 Å². The fourth-order valence-electron chi connectivity index (χ4n) is 6.45. The highest BCUT2D eigenvalue weighted by Crippen LogP contribution is 2.35. The summed E-state index contributed by atoms with van der Waals surface area (Å²) in [6.07, 6.45) is 2.05. The molecule has 9 aromatic rings. The number of fused-ring (bicyclic) bond motifs is 1. The number of imidazole rings is 1. The monoisotopic (exact) mass is 654 g/mol. The summed E-state index contributed by atoms with van der Waals surface area (Å²) in [7, 11) is 0. The van der Waals surface area contributed by atoms with Crippen LogP contribution in [0.25, 0.3) is 84.6 Å². The molecule has 5 heteroatoms. The van der Waals surface area contributed by atoms with Crippen LogP contribution in [-0.2, 0) is 0 Å². The maximum Gasteiger partial charge on any atom is 0.164 e. The Hall–Kier alpha value is -6.98. The maximum absolute atomic E-state index is 8.79. The lowest BCUT2D eigenvalue weighted by Gasteiger charge is -2.10. The lowest BCUT2D eigenvalue weighted by molar-refractivity contribution is 1.07. The third-order valence-corrected chi connectivity index (χ3v) is 9.03. The predicted octanol–water partition coefficient (Wildman–Crippen LogP) is 11.2. The number of hydrogen-bond acceptors (Lipinski definition) is 4. The van der Waals surface area contributed by atoms with Crippen LogP contribution < -0.4 is 0 Å². The molecule has 0 saturated heterocycles. The number of hydrogen-bond donors (Lipinski definition) is 0. The van der Waals surface area contributed by atoms with Crippen LogP contribution >= 0.6 is 0 Å². The third-order valence-electron chi connectivity index (χ3n) is 9.03. The van der Waals surface area contributed by atoms with Crippen molar-refractivity contribution in [3.63, 3.8) is 0 Å². The molecule has 0 aliphatic heterocycles. The summed E-state index contributed by atoms with van der Waals surface area (Å²) in [5.41, 5.74) is 11.7. The van der Waals surface area contributed by atoms with Gasteiger partial charge in [-0.15, -0.1) is 0 Å². The maximum atomic E-state index is 8.79. The van der Waals surface area contributed by atoms with Crippen molar-refractivity contribution in [1.29, 1.82) is 0 Å². The molecule has 3 aromatic heterocycles. The minimum atomic E-state index is 0.374. The van der Waals surface area contributed by atoms with E-state index in [1.165, 1.54) is 0 Å². The first-order chi connectivity index (χ1) is 25.7. The first-order valence-corrected chi connectivity index (χ1v) is 16.9. The van der Waals surface area contributed by atoms with Crippen LogP contribution in [0.15, 0.2) is 188 Å². The molecule has 51 heavy (non-hydrogen) atoms. The van der Waals surface area contributed by atoms with E-state index in [9.17, 15) is 0 Å². The molecule has 0 aliphatic carbocycles. The highest BCUT2D eigenvalue weighted by Gasteiger charge is 2.17. The van der Waals surface area contributed by atoms with Gasteiger partial charge < -0.3 is 0 Å². The van der Waals surface area contributed by atoms with Gasteiger partial charge in [0.2, 0.25) is 0 Å². The molecule has 3 heterocycles. The van der Waals surface area contributed by atoms with E-state index in [1.807, 2.05) is 84.9 Å². The fourth-order valence-corrected chi connectivity index (χ4v) is 6.45. The molecule has 0 atom stereocenters. The number of pyridine rings is 1. The Kier molecular flexibility index (Phi) is 7.47. The minimum Gasteiger partial charge on any atom is -0.299 e. The Morgan fingerprint density at radius 3 is 1.45 bits per heavy atom. The van der Waals surface area contributed by atoms with E-state index in [2.05, 4.69) is 102 Å². The van der Waals surface area contributed by atoms with Gasteiger partial charge in [0.1, 0.15) is 5.65 Å². The summed E-state index contributed by atoms with van der Waals surface area (Å²) in [6.45, 7) is 0. The van der Waals surface area contributed by atoms with Crippen LogP contribution in [0.2, 0.25) is 0 Å². The topological polar surface area (TPSA) is 56.0 Å². The molecule has 0 amide bonds. The Labute approximate surface area is 297 Å². The van der Waals surface area contributed by atoms with Crippen LogP contribution in [-0.4, -0.2) is 24.3 Å². The zero-order valence-corrected chi connectivity index (χ0v) is 27.6. The summed E-state index contributed by atoms with van der Waals surface area (Å²) >= 11 is 0. The van der Waals surface area contributed by atoms with E-state index in [4.69, 9.17) is 21.3 Å². The van der Waals surface area contributed by atoms with Crippen molar-refractivity contribution in [1.82, 2.24) is 24.3 Å². The first-order valence-electron chi connectivity index (χ1n) is 17.4. The van der Waals surface area contributed by atoms with Gasteiger partial charge in [0.15, 0.2) is 17.5 Å². The summed E-state index contributed by atoms with van der Waals surface area (Å²) in [5.74, 6) is 1.67. The highest BCUT2D eigenvalue weighted by atomic mass is 15.0. The second kappa shape index (κ2) is 13.1. The van der Waals surface area contributed by atoms with Crippen LogP contribution in [0.5, 0.6) is 0 Å². The minimum absolute atomic E-state index is 0.374. The second-order valence-electron chi connectivity index (χ2n) is 12.3. The number of benzene rings is 6. The SMILES string of the molecule is [2H]c1cc(-c2ccc(-c3nc4ccccn4c3-c3ccccc3)cc2)cc(-c2nc(-c3ccccc3)nc(-c3ccc(-c4ccccc4)cc3)n2)c1. The molecule has 0 aliphatic rings. The number of rotatable bonds is 7. The Bertz CT molecular complexity index is 2650. The molecule has 240 valence electrons. The number of aromatic nitrogens is 5. The van der Waals surface area contributed by atoms with Gasteiger partial charge in [-0.3, -0.25) is 4.40 Å². The molecule has 0 spiro atoms.